The topological polar surface area (TPSA) is 81.7 Å². The van der Waals surface area contributed by atoms with Crippen LogP contribution in [0.3, 0.4) is 0 Å². The predicted molar refractivity (Wildman–Crippen MR) is 151 cm³/mol. The van der Waals surface area contributed by atoms with Crippen LogP contribution in [0.15, 0.2) is 66.7 Å². The van der Waals surface area contributed by atoms with E-state index in [4.69, 9.17) is 0 Å². The highest BCUT2D eigenvalue weighted by molar-refractivity contribution is 5.85. The minimum absolute atomic E-state index is 0.0169. The number of aromatic nitrogens is 2. The third-order valence-electron chi connectivity index (χ3n) is 6.75. The Morgan fingerprint density at radius 1 is 0.921 bits per heavy atom. The molecule has 0 spiro atoms. The van der Waals surface area contributed by atoms with Gasteiger partial charge in [0.2, 0.25) is 5.91 Å². The third-order valence-corrected chi connectivity index (χ3v) is 6.75. The molecule has 0 saturated carbocycles. The summed E-state index contributed by atoms with van der Waals surface area (Å²) in [6, 6.07) is 21.5. The number of carbonyl (C=O) groups is 2. The highest BCUT2D eigenvalue weighted by atomic mass is 16.2. The monoisotopic (exact) mass is 514 g/mol. The van der Waals surface area contributed by atoms with Gasteiger partial charge in [-0.05, 0) is 52.3 Å². The normalized spacial score (nSPS) is 14.7. The molecule has 1 aliphatic rings. The number of anilines is 1. The first-order valence-corrected chi connectivity index (χ1v) is 13.2. The van der Waals surface area contributed by atoms with Gasteiger partial charge in [0.15, 0.2) is 5.82 Å². The number of piperazine rings is 1. The largest absolute Gasteiger partial charge is 0.352 e. The summed E-state index contributed by atoms with van der Waals surface area (Å²) in [5, 5.41) is 11.9. The number of amides is 3. The van der Waals surface area contributed by atoms with Crippen LogP contribution in [0.25, 0.3) is 11.3 Å². The molecule has 0 bridgehead atoms. The molecular formula is C30H38N6O2. The maximum Gasteiger partial charge on any atom is 0.318 e. The van der Waals surface area contributed by atoms with Crippen LogP contribution in [0.1, 0.15) is 44.9 Å². The van der Waals surface area contributed by atoms with Gasteiger partial charge in [0.25, 0.3) is 0 Å². The van der Waals surface area contributed by atoms with Gasteiger partial charge in [0, 0.05) is 37.3 Å². The van der Waals surface area contributed by atoms with Crippen LogP contribution < -0.4 is 10.2 Å². The van der Waals surface area contributed by atoms with Crippen LogP contribution in [0.4, 0.5) is 10.6 Å². The van der Waals surface area contributed by atoms with Gasteiger partial charge < -0.3 is 20.0 Å². The van der Waals surface area contributed by atoms with Gasteiger partial charge in [0.1, 0.15) is 6.54 Å². The molecule has 200 valence electrons. The molecule has 1 unspecified atom stereocenters. The average Bonchev–Trinajstić information content (AvgIpc) is 2.91. The molecule has 3 aromatic rings. The third kappa shape index (κ3) is 6.88. The zero-order valence-corrected chi connectivity index (χ0v) is 23.0. The van der Waals surface area contributed by atoms with E-state index in [1.54, 1.807) is 4.90 Å². The summed E-state index contributed by atoms with van der Waals surface area (Å²) < 4.78 is 0. The van der Waals surface area contributed by atoms with E-state index in [9.17, 15) is 9.59 Å². The summed E-state index contributed by atoms with van der Waals surface area (Å²) >= 11 is 0. The molecule has 4 rings (SSSR count). The molecule has 2 heterocycles. The van der Waals surface area contributed by atoms with Crippen LogP contribution in [0.2, 0.25) is 0 Å². The maximum absolute atomic E-state index is 13.3. The molecule has 1 fully saturated rings. The van der Waals surface area contributed by atoms with Gasteiger partial charge in [-0.1, -0.05) is 60.2 Å². The quantitative estimate of drug-likeness (QED) is 0.517. The molecule has 1 N–H and O–H groups in total. The highest BCUT2D eigenvalue weighted by Crippen LogP contribution is 2.22. The minimum Gasteiger partial charge on any atom is -0.352 e. The number of hydrogen-bond donors (Lipinski definition) is 1. The van der Waals surface area contributed by atoms with Gasteiger partial charge in [-0.3, -0.25) is 4.79 Å². The van der Waals surface area contributed by atoms with E-state index in [-0.39, 0.29) is 24.5 Å². The van der Waals surface area contributed by atoms with Crippen molar-refractivity contribution in [3.63, 3.8) is 0 Å². The summed E-state index contributed by atoms with van der Waals surface area (Å²) in [6.07, 6.45) is 0. The van der Waals surface area contributed by atoms with Crippen LogP contribution in [0, 0.1) is 6.92 Å². The molecule has 8 nitrogen and oxygen atoms in total. The number of benzene rings is 2. The fraction of sp³-hybridized carbons (Fsp3) is 0.400. The van der Waals surface area contributed by atoms with Crippen molar-refractivity contribution in [2.24, 2.45) is 0 Å². The lowest BCUT2D eigenvalue weighted by molar-refractivity contribution is -0.132. The molecule has 3 amide bonds. The van der Waals surface area contributed by atoms with E-state index >= 15 is 0 Å². The number of nitrogens with one attached hydrogen (secondary N) is 1. The maximum atomic E-state index is 13.3. The summed E-state index contributed by atoms with van der Waals surface area (Å²) in [4.78, 5) is 32.1. The lowest BCUT2D eigenvalue weighted by atomic mass is 10.1. The number of aryl methyl sites for hydroxylation is 1. The van der Waals surface area contributed by atoms with Gasteiger partial charge in [0.05, 0.1) is 11.7 Å². The Hall–Kier alpha value is -3.94. The fourth-order valence-electron chi connectivity index (χ4n) is 4.49. The molecule has 0 aliphatic carbocycles. The van der Waals surface area contributed by atoms with Crippen LogP contribution in [0.5, 0.6) is 0 Å². The van der Waals surface area contributed by atoms with Crippen LogP contribution in [-0.2, 0) is 4.79 Å². The van der Waals surface area contributed by atoms with Crippen molar-refractivity contribution in [3.8, 4) is 11.3 Å². The lowest BCUT2D eigenvalue weighted by Gasteiger charge is -2.38. The van der Waals surface area contributed by atoms with E-state index in [1.165, 1.54) is 5.56 Å². The van der Waals surface area contributed by atoms with Crippen molar-refractivity contribution in [1.29, 1.82) is 0 Å². The SMILES string of the molecule is Cc1ccc(-c2ccc(N3CCN(C(=O)CN(C(=O)NC(C)(C)C)C(C)c4ccccc4)CC3)nn2)cc1. The van der Waals surface area contributed by atoms with Crippen molar-refractivity contribution >= 4 is 17.8 Å². The van der Waals surface area contributed by atoms with Gasteiger partial charge in [-0.15, -0.1) is 10.2 Å². The second-order valence-electron chi connectivity index (χ2n) is 10.9. The van der Waals surface area contributed by atoms with Crippen LogP contribution >= 0.6 is 0 Å². The smallest absolute Gasteiger partial charge is 0.318 e. The van der Waals surface area contributed by atoms with E-state index in [0.717, 1.165) is 22.6 Å². The molecule has 38 heavy (non-hydrogen) atoms. The minimum atomic E-state index is -0.406. The van der Waals surface area contributed by atoms with E-state index in [2.05, 4.69) is 39.5 Å². The zero-order chi connectivity index (χ0) is 27.3. The Morgan fingerprint density at radius 2 is 1.58 bits per heavy atom. The van der Waals surface area contributed by atoms with Crippen molar-refractivity contribution in [3.05, 3.63) is 77.9 Å². The Balaban J connectivity index is 1.38. The van der Waals surface area contributed by atoms with Crippen molar-refractivity contribution in [2.45, 2.75) is 46.2 Å². The van der Waals surface area contributed by atoms with Gasteiger partial charge >= 0.3 is 6.03 Å². The predicted octanol–water partition coefficient (Wildman–Crippen LogP) is 4.67. The summed E-state index contributed by atoms with van der Waals surface area (Å²) in [6.45, 7) is 12.3. The fourth-order valence-corrected chi connectivity index (χ4v) is 4.49. The summed E-state index contributed by atoms with van der Waals surface area (Å²) in [5.74, 6) is 0.745. The van der Waals surface area contributed by atoms with Crippen molar-refractivity contribution in [2.75, 3.05) is 37.6 Å². The zero-order valence-electron chi connectivity index (χ0n) is 23.0. The molecule has 1 aliphatic heterocycles. The molecule has 1 saturated heterocycles. The Morgan fingerprint density at radius 3 is 2.16 bits per heavy atom. The van der Waals surface area contributed by atoms with E-state index in [1.807, 2.05) is 87.2 Å². The molecular weight excluding hydrogens is 476 g/mol. The van der Waals surface area contributed by atoms with E-state index < -0.39 is 5.54 Å². The Kier molecular flexibility index (Phi) is 8.29. The molecule has 1 aromatic heterocycles. The lowest BCUT2D eigenvalue weighted by Crippen LogP contribution is -2.55. The number of urea groups is 1. The second kappa shape index (κ2) is 11.6. The Bertz CT molecular complexity index is 1210. The average molecular weight is 515 g/mol. The highest BCUT2D eigenvalue weighted by Gasteiger charge is 2.30. The molecule has 1 atom stereocenters. The van der Waals surface area contributed by atoms with E-state index in [0.29, 0.717) is 26.2 Å². The first kappa shape index (κ1) is 27.1. The summed E-state index contributed by atoms with van der Waals surface area (Å²) in [7, 11) is 0. The van der Waals surface area contributed by atoms with Gasteiger partial charge in [-0.25, -0.2) is 4.79 Å². The van der Waals surface area contributed by atoms with Crippen molar-refractivity contribution in [1.82, 2.24) is 25.3 Å². The van der Waals surface area contributed by atoms with Crippen LogP contribution in [-0.4, -0.2) is 70.2 Å². The second-order valence-corrected chi connectivity index (χ2v) is 10.9. The summed E-state index contributed by atoms with van der Waals surface area (Å²) in [5.41, 5.74) is 3.66. The number of hydrogen-bond acceptors (Lipinski definition) is 5. The van der Waals surface area contributed by atoms with Crippen molar-refractivity contribution < 1.29 is 9.59 Å². The molecule has 0 radical (unpaired) electrons. The number of rotatable bonds is 6. The molecule has 8 heteroatoms. The first-order valence-electron chi connectivity index (χ1n) is 13.2. The Labute approximate surface area is 225 Å². The number of carbonyl (C=O) groups excluding carboxylic acids is 2. The number of nitrogens with zero attached hydrogens (tertiary/aromatic N) is 5. The van der Waals surface area contributed by atoms with Gasteiger partial charge in [-0.2, -0.15) is 0 Å². The molecule has 2 aromatic carbocycles. The first-order chi connectivity index (χ1) is 18.1. The standard InChI is InChI=1S/C30H38N6O2/c1-22-11-13-25(14-12-22)26-15-16-27(33-32-26)34-17-19-35(20-18-34)28(37)21-36(29(38)31-30(3,4)5)23(2)24-9-7-6-8-10-24/h6-16,23H,17-21H2,1-5H3,(H,31,38).